The summed E-state index contributed by atoms with van der Waals surface area (Å²) in [6.45, 7) is 4.04. The van der Waals surface area contributed by atoms with Gasteiger partial charge in [-0.1, -0.05) is 32.0 Å². The molecule has 0 atom stereocenters. The van der Waals surface area contributed by atoms with Gasteiger partial charge in [0.15, 0.2) is 15.6 Å². The van der Waals surface area contributed by atoms with Gasteiger partial charge in [0.05, 0.1) is 16.9 Å². The molecule has 0 aliphatic carbocycles. The summed E-state index contributed by atoms with van der Waals surface area (Å²) in [7, 11) is -3.58. The minimum atomic E-state index is -3.58. The van der Waals surface area contributed by atoms with Crippen molar-refractivity contribution in [3.05, 3.63) is 54.0 Å². The van der Waals surface area contributed by atoms with E-state index in [2.05, 4.69) is 10.6 Å². The highest BCUT2D eigenvalue weighted by Crippen LogP contribution is 2.19. The van der Waals surface area contributed by atoms with Crippen molar-refractivity contribution in [2.75, 3.05) is 13.1 Å². The van der Waals surface area contributed by atoms with E-state index in [-0.39, 0.29) is 46.9 Å². The van der Waals surface area contributed by atoms with Crippen LogP contribution < -0.4 is 10.6 Å². The molecule has 0 aliphatic heterocycles. The number of furan rings is 1. The van der Waals surface area contributed by atoms with Crippen LogP contribution in [0.15, 0.2) is 52.0 Å². The molecule has 2 aromatic rings. The zero-order chi connectivity index (χ0) is 19.2. The van der Waals surface area contributed by atoms with Crippen molar-refractivity contribution in [3.63, 3.8) is 0 Å². The molecular weight excluding hydrogens is 356 g/mol. The number of benzene rings is 1. The van der Waals surface area contributed by atoms with Crippen LogP contribution >= 0.6 is 0 Å². The maximum atomic E-state index is 12.5. The Hall–Kier alpha value is -2.61. The van der Waals surface area contributed by atoms with E-state index in [1.165, 1.54) is 24.5 Å². The first kappa shape index (κ1) is 19.7. The maximum Gasteiger partial charge on any atom is 0.287 e. The molecule has 2 N–H and O–H groups in total. The van der Waals surface area contributed by atoms with Crippen LogP contribution in [0.25, 0.3) is 0 Å². The van der Waals surface area contributed by atoms with Crippen LogP contribution in [0.2, 0.25) is 0 Å². The maximum absolute atomic E-state index is 12.5. The molecule has 2 rings (SSSR count). The van der Waals surface area contributed by atoms with Crippen LogP contribution in [0.1, 0.15) is 30.0 Å². The Morgan fingerprint density at radius 2 is 1.69 bits per heavy atom. The molecule has 1 aromatic carbocycles. The van der Waals surface area contributed by atoms with E-state index < -0.39 is 15.7 Å². The molecule has 8 heteroatoms. The Balaban J connectivity index is 1.97. The third-order valence-corrected chi connectivity index (χ3v) is 5.32. The van der Waals surface area contributed by atoms with Crippen LogP contribution in [-0.2, 0) is 20.4 Å². The predicted molar refractivity (Wildman–Crippen MR) is 96.2 cm³/mol. The van der Waals surface area contributed by atoms with E-state index >= 15 is 0 Å². The monoisotopic (exact) mass is 378 g/mol. The molecule has 0 unspecified atom stereocenters. The van der Waals surface area contributed by atoms with Gasteiger partial charge in [-0.3, -0.25) is 9.59 Å². The Labute approximate surface area is 152 Å². The third kappa shape index (κ3) is 5.19. The number of hydrogen-bond acceptors (Lipinski definition) is 5. The van der Waals surface area contributed by atoms with Gasteiger partial charge in [0, 0.05) is 24.6 Å². The fourth-order valence-electron chi connectivity index (χ4n) is 2.21. The van der Waals surface area contributed by atoms with Crippen LogP contribution in [-0.4, -0.2) is 33.3 Å². The predicted octanol–water partition coefficient (Wildman–Crippen LogP) is 1.76. The molecule has 140 valence electrons. The molecule has 7 nitrogen and oxygen atoms in total. The summed E-state index contributed by atoms with van der Waals surface area (Å²) in [5.41, 5.74) is 0.289. The summed E-state index contributed by atoms with van der Waals surface area (Å²) in [5.74, 6) is -1.13. The molecule has 0 spiro atoms. The second-order valence-corrected chi connectivity index (χ2v) is 8.04. The molecule has 26 heavy (non-hydrogen) atoms. The lowest BCUT2D eigenvalue weighted by molar-refractivity contribution is -0.123. The lowest BCUT2D eigenvalue weighted by atomic mass is 10.2. The number of amides is 2. The van der Waals surface area contributed by atoms with Crippen molar-refractivity contribution in [1.29, 1.82) is 0 Å². The Bertz CT molecular complexity index is 857. The molecule has 0 radical (unpaired) electrons. The SMILES string of the molecule is CC(C)C(=O)NCCNC(=O)c1occc1CS(=O)(=O)c1ccccc1. The number of nitrogens with one attached hydrogen (secondary N) is 2. The van der Waals surface area contributed by atoms with Gasteiger partial charge in [-0.15, -0.1) is 0 Å². The van der Waals surface area contributed by atoms with Crippen molar-refractivity contribution in [2.24, 2.45) is 5.92 Å². The Morgan fingerprint density at radius 3 is 2.35 bits per heavy atom. The minimum absolute atomic E-state index is 0.0420. The van der Waals surface area contributed by atoms with Gasteiger partial charge >= 0.3 is 0 Å². The topological polar surface area (TPSA) is 105 Å². The fourth-order valence-corrected chi connectivity index (χ4v) is 3.59. The summed E-state index contributed by atoms with van der Waals surface area (Å²) in [6, 6.07) is 9.49. The number of hydrogen-bond donors (Lipinski definition) is 2. The fraction of sp³-hybridized carbons (Fsp3) is 0.333. The smallest absolute Gasteiger partial charge is 0.287 e. The largest absolute Gasteiger partial charge is 0.459 e. The second-order valence-electron chi connectivity index (χ2n) is 6.05. The van der Waals surface area contributed by atoms with Gasteiger partial charge in [0.25, 0.3) is 5.91 Å². The first-order valence-electron chi connectivity index (χ1n) is 8.21. The van der Waals surface area contributed by atoms with Crippen LogP contribution in [0.4, 0.5) is 0 Å². The van der Waals surface area contributed by atoms with Gasteiger partial charge in [-0.05, 0) is 18.2 Å². The van der Waals surface area contributed by atoms with Crippen molar-refractivity contribution in [2.45, 2.75) is 24.5 Å². The first-order valence-corrected chi connectivity index (χ1v) is 9.86. The number of rotatable bonds is 8. The van der Waals surface area contributed by atoms with E-state index in [0.717, 1.165) is 0 Å². The lowest BCUT2D eigenvalue weighted by Gasteiger charge is -2.09. The van der Waals surface area contributed by atoms with E-state index in [9.17, 15) is 18.0 Å². The highest BCUT2D eigenvalue weighted by atomic mass is 32.2. The molecule has 1 heterocycles. The highest BCUT2D eigenvalue weighted by Gasteiger charge is 2.22. The number of carbonyl (C=O) groups excluding carboxylic acids is 2. The van der Waals surface area contributed by atoms with E-state index in [1.54, 1.807) is 32.0 Å². The molecule has 0 saturated carbocycles. The van der Waals surface area contributed by atoms with E-state index in [0.29, 0.717) is 0 Å². The summed E-state index contributed by atoms with van der Waals surface area (Å²) < 4.78 is 30.1. The van der Waals surface area contributed by atoms with Crippen LogP contribution in [0.3, 0.4) is 0 Å². The van der Waals surface area contributed by atoms with Gasteiger partial charge in [-0.25, -0.2) is 8.42 Å². The summed E-state index contributed by atoms with van der Waals surface area (Å²) in [5, 5.41) is 5.28. The average molecular weight is 378 g/mol. The zero-order valence-electron chi connectivity index (χ0n) is 14.7. The van der Waals surface area contributed by atoms with E-state index in [1.807, 2.05) is 0 Å². The molecule has 0 bridgehead atoms. The second kappa shape index (κ2) is 8.66. The van der Waals surface area contributed by atoms with Gasteiger partial charge in [0.2, 0.25) is 5.91 Å². The summed E-state index contributed by atoms with van der Waals surface area (Å²) in [4.78, 5) is 23.9. The van der Waals surface area contributed by atoms with Crippen molar-refractivity contribution in [1.82, 2.24) is 10.6 Å². The average Bonchev–Trinajstić information content (AvgIpc) is 3.06. The van der Waals surface area contributed by atoms with Gasteiger partial charge in [0.1, 0.15) is 0 Å². The minimum Gasteiger partial charge on any atom is -0.459 e. The molecule has 2 amide bonds. The Morgan fingerprint density at radius 1 is 1.04 bits per heavy atom. The molecule has 1 aromatic heterocycles. The number of sulfone groups is 1. The van der Waals surface area contributed by atoms with Gasteiger partial charge < -0.3 is 15.1 Å². The van der Waals surface area contributed by atoms with Gasteiger partial charge in [-0.2, -0.15) is 0 Å². The van der Waals surface area contributed by atoms with Crippen molar-refractivity contribution >= 4 is 21.7 Å². The number of carbonyl (C=O) groups is 2. The summed E-state index contributed by atoms with van der Waals surface area (Å²) >= 11 is 0. The Kier molecular flexibility index (Phi) is 6.57. The lowest BCUT2D eigenvalue weighted by Crippen LogP contribution is -2.36. The molecule has 0 saturated heterocycles. The molecule has 0 fully saturated rings. The molecular formula is C18H22N2O5S. The normalized spacial score (nSPS) is 11.3. The summed E-state index contributed by atoms with van der Waals surface area (Å²) in [6.07, 6.45) is 1.28. The third-order valence-electron chi connectivity index (χ3n) is 3.64. The van der Waals surface area contributed by atoms with E-state index in [4.69, 9.17) is 4.42 Å². The van der Waals surface area contributed by atoms with Crippen LogP contribution in [0, 0.1) is 5.92 Å². The van der Waals surface area contributed by atoms with Crippen molar-refractivity contribution in [3.8, 4) is 0 Å². The zero-order valence-corrected chi connectivity index (χ0v) is 15.5. The molecule has 0 aliphatic rings. The van der Waals surface area contributed by atoms with Crippen molar-refractivity contribution < 1.29 is 22.4 Å². The standard InChI is InChI=1S/C18H22N2O5S/c1-13(2)17(21)19-9-10-20-18(22)16-14(8-11-25-16)12-26(23,24)15-6-4-3-5-7-15/h3-8,11,13H,9-10,12H2,1-2H3,(H,19,21)(H,20,22). The quantitative estimate of drug-likeness (QED) is 0.681. The van der Waals surface area contributed by atoms with Crippen LogP contribution in [0.5, 0.6) is 0 Å². The highest BCUT2D eigenvalue weighted by molar-refractivity contribution is 7.90. The first-order chi connectivity index (χ1) is 12.3.